The Hall–Kier alpha value is -1.82. The van der Waals surface area contributed by atoms with Crippen molar-refractivity contribution in [2.75, 3.05) is 6.61 Å². The second kappa shape index (κ2) is 5.88. The van der Waals surface area contributed by atoms with Crippen LogP contribution in [0.4, 0.5) is 0 Å². The van der Waals surface area contributed by atoms with Crippen LogP contribution in [0, 0.1) is 16.7 Å². The van der Waals surface area contributed by atoms with E-state index >= 15 is 0 Å². The third-order valence-corrected chi connectivity index (χ3v) is 3.82. The van der Waals surface area contributed by atoms with Gasteiger partial charge in [-0.15, -0.1) is 0 Å². The average molecular weight is 257 g/mol. The maximum Gasteiger partial charge on any atom is 0.142 e. The normalized spacial score (nSPS) is 22.8. The van der Waals surface area contributed by atoms with Crippen LogP contribution in [-0.4, -0.2) is 12.4 Å². The molecule has 1 fully saturated rings. The molecule has 3 heteroatoms. The van der Waals surface area contributed by atoms with E-state index in [4.69, 9.17) is 10.00 Å². The minimum Gasteiger partial charge on any atom is -0.493 e. The van der Waals surface area contributed by atoms with Crippen LogP contribution in [0.3, 0.4) is 0 Å². The van der Waals surface area contributed by atoms with Crippen molar-refractivity contribution in [3.05, 3.63) is 29.8 Å². The summed E-state index contributed by atoms with van der Waals surface area (Å²) in [4.78, 5) is 12.0. The molecule has 19 heavy (non-hydrogen) atoms. The maximum atomic E-state index is 12.0. The van der Waals surface area contributed by atoms with Gasteiger partial charge in [0, 0.05) is 6.42 Å². The Morgan fingerprint density at radius 2 is 2.05 bits per heavy atom. The molecule has 0 radical (unpaired) electrons. The lowest BCUT2D eigenvalue weighted by Gasteiger charge is -2.31. The third-order valence-electron chi connectivity index (χ3n) is 3.82. The van der Waals surface area contributed by atoms with Crippen molar-refractivity contribution >= 4 is 5.78 Å². The number of nitriles is 1. The highest BCUT2D eigenvalue weighted by atomic mass is 16.5. The summed E-state index contributed by atoms with van der Waals surface area (Å²) in [5, 5.41) is 8.61. The molecule has 0 bridgehead atoms. The fraction of sp³-hybridized carbons (Fsp3) is 0.500. The van der Waals surface area contributed by atoms with Crippen LogP contribution in [0.2, 0.25) is 0 Å². The largest absolute Gasteiger partial charge is 0.493 e. The topological polar surface area (TPSA) is 50.1 Å². The van der Waals surface area contributed by atoms with E-state index < -0.39 is 0 Å². The molecule has 0 spiro atoms. The zero-order valence-corrected chi connectivity index (χ0v) is 11.3. The minimum atomic E-state index is -0.330. The summed E-state index contributed by atoms with van der Waals surface area (Å²) in [5.74, 6) is 1.08. The number of nitrogens with zero attached hydrogens (tertiary/aromatic N) is 1. The van der Waals surface area contributed by atoms with Gasteiger partial charge in [0.15, 0.2) is 0 Å². The molecular weight excluding hydrogens is 238 g/mol. The van der Waals surface area contributed by atoms with E-state index in [9.17, 15) is 4.79 Å². The van der Waals surface area contributed by atoms with Gasteiger partial charge in [0.2, 0.25) is 0 Å². The van der Waals surface area contributed by atoms with E-state index in [0.29, 0.717) is 25.2 Å². The lowest BCUT2D eigenvalue weighted by Crippen LogP contribution is -2.36. The fourth-order valence-electron chi connectivity index (χ4n) is 2.43. The molecule has 2 rings (SSSR count). The SMILES string of the molecule is CC1(COc2ccc(CC#N)cc2)CCCCC1=O. The molecule has 1 aliphatic carbocycles. The van der Waals surface area contributed by atoms with Gasteiger partial charge in [-0.2, -0.15) is 5.26 Å². The highest BCUT2D eigenvalue weighted by Crippen LogP contribution is 2.33. The monoisotopic (exact) mass is 257 g/mol. The molecule has 0 saturated heterocycles. The second-order valence-corrected chi connectivity index (χ2v) is 5.46. The van der Waals surface area contributed by atoms with Crippen molar-refractivity contribution in [2.45, 2.75) is 39.0 Å². The minimum absolute atomic E-state index is 0.319. The molecule has 100 valence electrons. The van der Waals surface area contributed by atoms with Gasteiger partial charge in [0.05, 0.1) is 17.9 Å². The molecule has 0 aromatic heterocycles. The first-order chi connectivity index (χ1) is 9.14. The van der Waals surface area contributed by atoms with Crippen LogP contribution in [0.25, 0.3) is 0 Å². The standard InChI is InChI=1S/C16H19NO2/c1-16(10-3-2-4-15(16)18)12-19-14-7-5-13(6-8-14)9-11-17/h5-8H,2-4,9-10,12H2,1H3. The van der Waals surface area contributed by atoms with E-state index in [1.54, 1.807) is 0 Å². The molecule has 1 atom stereocenters. The van der Waals surface area contributed by atoms with Crippen molar-refractivity contribution in [1.82, 2.24) is 0 Å². The van der Waals surface area contributed by atoms with E-state index in [1.807, 2.05) is 31.2 Å². The summed E-state index contributed by atoms with van der Waals surface area (Å²) in [6.45, 7) is 2.45. The molecule has 3 nitrogen and oxygen atoms in total. The first-order valence-corrected chi connectivity index (χ1v) is 6.76. The first kappa shape index (κ1) is 13.6. The van der Waals surface area contributed by atoms with Gasteiger partial charge in [-0.05, 0) is 37.5 Å². The Morgan fingerprint density at radius 3 is 2.68 bits per heavy atom. The molecule has 1 aromatic carbocycles. The molecule has 1 saturated carbocycles. The Balaban J connectivity index is 1.94. The highest BCUT2D eigenvalue weighted by molar-refractivity contribution is 5.85. The number of ketones is 1. The average Bonchev–Trinajstić information content (AvgIpc) is 2.42. The summed E-state index contributed by atoms with van der Waals surface area (Å²) >= 11 is 0. The molecule has 1 aliphatic rings. The number of benzene rings is 1. The molecule has 1 aromatic rings. The van der Waals surface area contributed by atoms with Gasteiger partial charge >= 0.3 is 0 Å². The molecule has 0 amide bonds. The quantitative estimate of drug-likeness (QED) is 0.831. The predicted molar refractivity (Wildman–Crippen MR) is 72.8 cm³/mol. The van der Waals surface area contributed by atoms with Crippen LogP contribution >= 0.6 is 0 Å². The lowest BCUT2D eigenvalue weighted by molar-refractivity contribution is -0.132. The number of carbonyl (C=O) groups is 1. The van der Waals surface area contributed by atoms with Crippen molar-refractivity contribution < 1.29 is 9.53 Å². The zero-order valence-electron chi connectivity index (χ0n) is 11.3. The van der Waals surface area contributed by atoms with Crippen LogP contribution in [0.15, 0.2) is 24.3 Å². The van der Waals surface area contributed by atoms with E-state index in [2.05, 4.69) is 6.07 Å². The summed E-state index contributed by atoms with van der Waals surface area (Å²) in [7, 11) is 0. The predicted octanol–water partition coefficient (Wildman–Crippen LogP) is 3.28. The summed E-state index contributed by atoms with van der Waals surface area (Å²) < 4.78 is 5.75. The number of rotatable bonds is 4. The number of hydrogen-bond donors (Lipinski definition) is 0. The van der Waals surface area contributed by atoms with E-state index in [1.165, 1.54) is 0 Å². The van der Waals surface area contributed by atoms with E-state index in [-0.39, 0.29) is 5.41 Å². The Kier molecular flexibility index (Phi) is 4.21. The van der Waals surface area contributed by atoms with Gasteiger partial charge in [-0.25, -0.2) is 0 Å². The molecule has 0 heterocycles. The van der Waals surface area contributed by atoms with Gasteiger partial charge in [-0.3, -0.25) is 4.79 Å². The maximum absolute atomic E-state index is 12.0. The second-order valence-electron chi connectivity index (χ2n) is 5.46. The zero-order chi connectivity index (χ0) is 13.7. The lowest BCUT2D eigenvalue weighted by atomic mass is 9.75. The molecular formula is C16H19NO2. The van der Waals surface area contributed by atoms with Crippen molar-refractivity contribution in [3.63, 3.8) is 0 Å². The van der Waals surface area contributed by atoms with Crippen molar-refractivity contribution in [1.29, 1.82) is 5.26 Å². The van der Waals surface area contributed by atoms with Gasteiger partial charge in [0.25, 0.3) is 0 Å². The number of Topliss-reactive ketones (excluding diaryl/α,β-unsaturated/α-hetero) is 1. The van der Waals surface area contributed by atoms with Crippen LogP contribution in [-0.2, 0) is 11.2 Å². The Bertz CT molecular complexity index is 486. The smallest absolute Gasteiger partial charge is 0.142 e. The van der Waals surface area contributed by atoms with Crippen LogP contribution in [0.5, 0.6) is 5.75 Å². The van der Waals surface area contributed by atoms with Crippen molar-refractivity contribution in [2.24, 2.45) is 5.41 Å². The summed E-state index contributed by atoms with van der Waals surface area (Å²) in [5.41, 5.74) is 0.652. The summed E-state index contributed by atoms with van der Waals surface area (Å²) in [6.07, 6.45) is 4.12. The molecule has 1 unspecified atom stereocenters. The number of hydrogen-bond acceptors (Lipinski definition) is 3. The van der Waals surface area contributed by atoms with Gasteiger partial charge < -0.3 is 4.74 Å². The summed E-state index contributed by atoms with van der Waals surface area (Å²) in [6, 6.07) is 9.63. The third kappa shape index (κ3) is 3.35. The Morgan fingerprint density at radius 1 is 1.32 bits per heavy atom. The molecule has 0 N–H and O–H groups in total. The number of carbonyl (C=O) groups excluding carboxylic acids is 1. The van der Waals surface area contributed by atoms with Crippen LogP contribution < -0.4 is 4.74 Å². The molecule has 0 aliphatic heterocycles. The van der Waals surface area contributed by atoms with E-state index in [0.717, 1.165) is 30.6 Å². The fourth-order valence-corrected chi connectivity index (χ4v) is 2.43. The van der Waals surface area contributed by atoms with Gasteiger partial charge in [-0.1, -0.05) is 18.6 Å². The first-order valence-electron chi connectivity index (χ1n) is 6.76. The Labute approximate surface area is 114 Å². The highest BCUT2D eigenvalue weighted by Gasteiger charge is 2.35. The van der Waals surface area contributed by atoms with Gasteiger partial charge in [0.1, 0.15) is 18.1 Å². The van der Waals surface area contributed by atoms with Crippen molar-refractivity contribution in [3.8, 4) is 11.8 Å². The number of ether oxygens (including phenoxy) is 1. The van der Waals surface area contributed by atoms with Crippen LogP contribution in [0.1, 0.15) is 38.2 Å².